The van der Waals surface area contributed by atoms with Gasteiger partial charge in [-0.15, -0.1) is 5.10 Å². The number of tetrazole rings is 1. The third kappa shape index (κ3) is 4.69. The molecule has 0 N–H and O–H groups in total. The third-order valence-corrected chi connectivity index (χ3v) is 3.78. The van der Waals surface area contributed by atoms with E-state index in [-0.39, 0.29) is 5.82 Å². The fraction of sp³-hybridized carbons (Fsp3) is 0.800. The highest BCUT2D eigenvalue weighted by Crippen LogP contribution is 2.03. The van der Waals surface area contributed by atoms with Crippen LogP contribution in [-0.4, -0.2) is 55.9 Å². The molecule has 0 aliphatic rings. The first-order chi connectivity index (χ1) is 8.46. The highest BCUT2D eigenvalue weighted by molar-refractivity contribution is 9.08. The Morgan fingerprint density at radius 1 is 1.22 bits per heavy atom. The second-order valence-electron chi connectivity index (χ2n) is 3.76. The van der Waals surface area contributed by atoms with Crippen molar-refractivity contribution in [3.8, 4) is 0 Å². The molecule has 0 aromatic carbocycles. The predicted octanol–water partition coefficient (Wildman–Crippen LogP) is 0.0774. The first kappa shape index (κ1) is 17.0. The molecule has 7 nitrogen and oxygen atoms in total. The van der Waals surface area contributed by atoms with Crippen molar-refractivity contribution >= 4 is 22.1 Å². The number of aromatic carboxylic acids is 1. The Balaban J connectivity index is 0.000000321. The third-order valence-electron chi connectivity index (χ3n) is 3.30. The number of nitrogens with zero attached hydrogens (tertiary/aromatic N) is 5. The first-order valence-corrected chi connectivity index (χ1v) is 6.68. The predicted molar refractivity (Wildman–Crippen MR) is 68.9 cm³/mol. The zero-order chi connectivity index (χ0) is 14.2. The molecule has 0 saturated heterocycles. The summed E-state index contributed by atoms with van der Waals surface area (Å²) in [5, 5.41) is 19.3. The average molecular weight is 322 g/mol. The van der Waals surface area contributed by atoms with Gasteiger partial charge in [0.1, 0.15) is 5.97 Å². The quantitative estimate of drug-likeness (QED) is 0.717. The van der Waals surface area contributed by atoms with Crippen LogP contribution in [0.15, 0.2) is 0 Å². The van der Waals surface area contributed by atoms with Gasteiger partial charge in [0.2, 0.25) is 5.82 Å². The van der Waals surface area contributed by atoms with Crippen LogP contribution in [-0.2, 0) is 0 Å². The largest absolute Gasteiger partial charge is 0.541 e. The molecule has 0 fully saturated rings. The molecule has 0 unspecified atom stereocenters. The van der Waals surface area contributed by atoms with E-state index in [1.165, 1.54) is 30.7 Å². The molecular weight excluding hydrogens is 302 g/mol. The summed E-state index contributed by atoms with van der Waals surface area (Å²) in [4.78, 5) is 9.98. The molecule has 0 radical (unpaired) electrons. The van der Waals surface area contributed by atoms with Crippen LogP contribution >= 0.6 is 16.1 Å². The van der Waals surface area contributed by atoms with Crippen molar-refractivity contribution < 1.29 is 14.4 Å². The Labute approximate surface area is 116 Å². The van der Waals surface area contributed by atoms with E-state index < -0.39 is 5.97 Å². The normalized spacial score (nSPS) is 10.7. The smallest absolute Gasteiger partial charge is 0.209 e. The average Bonchev–Trinajstić information content (AvgIpc) is 2.80. The van der Waals surface area contributed by atoms with Gasteiger partial charge < -0.3 is 14.4 Å². The van der Waals surface area contributed by atoms with E-state index in [9.17, 15) is 9.90 Å². The highest BCUT2D eigenvalue weighted by Gasteiger charge is 2.16. The number of hydrogen-bond donors (Lipinski definition) is 0. The van der Waals surface area contributed by atoms with E-state index in [0.717, 1.165) is 3.71 Å². The van der Waals surface area contributed by atoms with E-state index >= 15 is 0 Å². The Bertz CT molecular complexity index is 347. The van der Waals surface area contributed by atoms with Crippen LogP contribution < -0.4 is 5.11 Å². The summed E-state index contributed by atoms with van der Waals surface area (Å²) in [5.74, 6) is -1.77. The second-order valence-corrected chi connectivity index (χ2v) is 4.43. The maximum Gasteiger partial charge on any atom is 0.209 e. The van der Waals surface area contributed by atoms with Crippen LogP contribution in [0.25, 0.3) is 0 Å². The number of rotatable bonds is 5. The van der Waals surface area contributed by atoms with Crippen LogP contribution in [0, 0.1) is 0 Å². The summed E-state index contributed by atoms with van der Waals surface area (Å²) in [5.41, 5.74) is 0. The van der Waals surface area contributed by atoms with E-state index in [4.69, 9.17) is 0 Å². The minimum atomic E-state index is -1.42. The lowest BCUT2D eigenvalue weighted by molar-refractivity contribution is -0.921. The SMILES string of the molecule is CC[N+](CC)(CC)CC.O=C([O-])c1nnnn1Br. The molecule has 0 saturated carbocycles. The van der Waals surface area contributed by atoms with Gasteiger partial charge in [0.15, 0.2) is 0 Å². The summed E-state index contributed by atoms with van der Waals surface area (Å²) < 4.78 is 2.11. The first-order valence-electron chi connectivity index (χ1n) is 5.97. The molecule has 8 heteroatoms. The molecule has 0 atom stereocenters. The van der Waals surface area contributed by atoms with Gasteiger partial charge in [-0.2, -0.15) is 3.71 Å². The molecular formula is C10H20BrN5O2. The maximum atomic E-state index is 9.98. The van der Waals surface area contributed by atoms with E-state index in [0.29, 0.717) is 0 Å². The van der Waals surface area contributed by atoms with Gasteiger partial charge in [-0.3, -0.25) is 0 Å². The van der Waals surface area contributed by atoms with Gasteiger partial charge in [0.25, 0.3) is 0 Å². The van der Waals surface area contributed by atoms with Gasteiger partial charge in [0.05, 0.1) is 42.3 Å². The van der Waals surface area contributed by atoms with Crippen molar-refractivity contribution in [1.82, 2.24) is 19.2 Å². The van der Waals surface area contributed by atoms with Gasteiger partial charge in [0, 0.05) is 0 Å². The standard InChI is InChI=1S/C8H20N.C2HBrN4O2/c1-5-9(6-2,7-3)8-4;3-7-1(2(8)9)4-5-6-7/h5-8H2,1-4H3;(H,8,9)/q+1;/p-1. The summed E-state index contributed by atoms with van der Waals surface area (Å²) in [6, 6.07) is 0. The van der Waals surface area contributed by atoms with Gasteiger partial charge >= 0.3 is 0 Å². The van der Waals surface area contributed by atoms with Crippen molar-refractivity contribution in [1.29, 1.82) is 0 Å². The molecule has 1 rings (SSSR count). The van der Waals surface area contributed by atoms with E-state index in [1.54, 1.807) is 0 Å². The monoisotopic (exact) mass is 321 g/mol. The minimum absolute atomic E-state index is 0.352. The van der Waals surface area contributed by atoms with E-state index in [1.807, 2.05) is 0 Å². The summed E-state index contributed by atoms with van der Waals surface area (Å²) in [6.07, 6.45) is 0. The summed E-state index contributed by atoms with van der Waals surface area (Å²) in [7, 11) is 0. The fourth-order valence-electron chi connectivity index (χ4n) is 1.63. The highest BCUT2D eigenvalue weighted by atomic mass is 79.9. The Morgan fingerprint density at radius 3 is 1.78 bits per heavy atom. The second kappa shape index (κ2) is 8.15. The van der Waals surface area contributed by atoms with Gasteiger partial charge in [-0.25, -0.2) is 0 Å². The number of quaternary nitrogens is 1. The lowest BCUT2D eigenvalue weighted by Gasteiger charge is -2.34. The van der Waals surface area contributed by atoms with Crippen molar-refractivity contribution in [2.24, 2.45) is 0 Å². The van der Waals surface area contributed by atoms with Crippen LogP contribution in [0.4, 0.5) is 0 Å². The number of carbonyl (C=O) groups excluding carboxylic acids is 1. The lowest BCUT2D eigenvalue weighted by Crippen LogP contribution is -2.47. The number of halogens is 1. The topological polar surface area (TPSA) is 83.7 Å². The minimum Gasteiger partial charge on any atom is -0.541 e. The lowest BCUT2D eigenvalue weighted by atomic mass is 10.3. The van der Waals surface area contributed by atoms with Gasteiger partial charge in [-0.05, 0) is 38.1 Å². The Kier molecular flexibility index (Phi) is 7.69. The van der Waals surface area contributed by atoms with Crippen molar-refractivity contribution in [2.75, 3.05) is 26.2 Å². The number of hydrogen-bond acceptors (Lipinski definition) is 5. The number of carboxylic acid groups (broad SMARTS) is 1. The number of carboxylic acids is 1. The van der Waals surface area contributed by atoms with Crippen molar-refractivity contribution in [3.05, 3.63) is 5.82 Å². The molecule has 0 spiro atoms. The molecule has 0 aliphatic heterocycles. The molecule has 18 heavy (non-hydrogen) atoms. The molecule has 104 valence electrons. The van der Waals surface area contributed by atoms with Crippen LogP contribution in [0.2, 0.25) is 0 Å². The number of carbonyl (C=O) groups is 1. The Morgan fingerprint density at radius 2 is 1.67 bits per heavy atom. The molecule has 1 heterocycles. The molecule has 1 aromatic rings. The zero-order valence-corrected chi connectivity index (χ0v) is 12.8. The molecule has 0 amide bonds. The van der Waals surface area contributed by atoms with Gasteiger partial charge in [-0.1, -0.05) is 0 Å². The molecule has 0 bridgehead atoms. The maximum absolute atomic E-state index is 9.98. The van der Waals surface area contributed by atoms with Crippen molar-refractivity contribution in [3.63, 3.8) is 0 Å². The van der Waals surface area contributed by atoms with Crippen LogP contribution in [0.1, 0.15) is 38.3 Å². The molecule has 1 aromatic heterocycles. The Hall–Kier alpha value is -1.02. The zero-order valence-electron chi connectivity index (χ0n) is 11.3. The fourth-order valence-corrected chi connectivity index (χ4v) is 1.91. The summed E-state index contributed by atoms with van der Waals surface area (Å²) in [6.45, 7) is 14.2. The van der Waals surface area contributed by atoms with Crippen LogP contribution in [0.5, 0.6) is 0 Å². The molecule has 0 aliphatic carbocycles. The van der Waals surface area contributed by atoms with Crippen LogP contribution in [0.3, 0.4) is 0 Å². The van der Waals surface area contributed by atoms with E-state index in [2.05, 4.69) is 59.4 Å². The number of aromatic nitrogens is 4. The van der Waals surface area contributed by atoms with Crippen molar-refractivity contribution in [2.45, 2.75) is 27.7 Å². The summed E-state index contributed by atoms with van der Waals surface area (Å²) >= 11 is 2.73.